The van der Waals surface area contributed by atoms with Crippen molar-refractivity contribution in [2.45, 2.75) is 0 Å². The van der Waals surface area contributed by atoms with Crippen LogP contribution in [0.15, 0.2) is 255 Å². The third kappa shape index (κ3) is 10.2. The third-order valence-corrected chi connectivity index (χ3v) is 28.0. The van der Waals surface area contributed by atoms with Gasteiger partial charge in [0.25, 0.3) is 0 Å². The summed E-state index contributed by atoms with van der Waals surface area (Å²) in [6, 6.07) is 96.2. The second kappa shape index (κ2) is 22.5. The zero-order chi connectivity index (χ0) is 40.9. The molecule has 0 aliphatic rings. The van der Waals surface area contributed by atoms with Crippen LogP contribution in [0, 0.1) is 6.65 Å². The first-order chi connectivity index (χ1) is 29.8. The molecule has 9 aromatic rings. The molecule has 0 aliphatic carbocycles. The summed E-state index contributed by atoms with van der Waals surface area (Å²) in [5.74, 6) is 0. The van der Waals surface area contributed by atoms with Crippen LogP contribution in [-0.4, -0.2) is 19.8 Å². The van der Waals surface area contributed by atoms with Crippen LogP contribution in [0.5, 0.6) is 0 Å². The van der Waals surface area contributed by atoms with Crippen LogP contribution in [-0.2, 0) is 24.8 Å². The van der Waals surface area contributed by atoms with E-state index in [1.54, 1.807) is 10.7 Å². The molecule has 0 saturated carbocycles. The molecule has 0 atom stereocenters. The molecule has 0 N–H and O–H groups in total. The van der Waals surface area contributed by atoms with Crippen molar-refractivity contribution in [1.29, 1.82) is 0 Å². The summed E-state index contributed by atoms with van der Waals surface area (Å²) in [6.07, 6.45) is 0. The Kier molecular flexibility index (Phi) is 16.4. The standard InChI is InChI=1S/3C18H14P.CO.Ir.Sn/c3*1-4-10-16(11-5-1)19(17-12-6-2-7-13-17)18-14-8-3-9-15-18;1-2;;/h3*1-14H;;;. The van der Waals surface area contributed by atoms with Crippen LogP contribution < -0.4 is 58.5 Å². The Morgan fingerprint density at radius 2 is 0.410 bits per heavy atom. The fourth-order valence-corrected chi connectivity index (χ4v) is 27.6. The first-order valence-electron chi connectivity index (χ1n) is 19.9. The molecular weight excluding hydrogens is 1080 g/mol. The van der Waals surface area contributed by atoms with Crippen molar-refractivity contribution < 1.29 is 24.8 Å². The number of benzene rings is 9. The molecule has 1 nitrogen and oxygen atoms in total. The third-order valence-electron chi connectivity index (χ3n) is 10.3. The van der Waals surface area contributed by atoms with Crippen LogP contribution in [0.1, 0.15) is 0 Å². The number of hydrogen-bond acceptors (Lipinski definition) is 0. The van der Waals surface area contributed by atoms with E-state index in [-0.39, 0.29) is 20.1 Å². The van der Waals surface area contributed by atoms with Crippen molar-refractivity contribution in [3.8, 4) is 0 Å². The summed E-state index contributed by atoms with van der Waals surface area (Å²) in [6.45, 7) is 4.50. The van der Waals surface area contributed by atoms with E-state index in [1.165, 1.54) is 47.7 Å². The summed E-state index contributed by atoms with van der Waals surface area (Å²) in [4.78, 5) is 0. The van der Waals surface area contributed by atoms with Gasteiger partial charge >= 0.3 is 368 Å². The van der Waals surface area contributed by atoms with E-state index < -0.39 is 43.5 Å². The molecule has 0 aliphatic heterocycles. The molecule has 9 aromatic carbocycles. The van der Waals surface area contributed by atoms with Gasteiger partial charge in [0.15, 0.2) is 0 Å². The van der Waals surface area contributed by atoms with Crippen molar-refractivity contribution in [1.82, 2.24) is 0 Å². The van der Waals surface area contributed by atoms with Crippen LogP contribution in [0.4, 0.5) is 0 Å². The van der Waals surface area contributed by atoms with Crippen molar-refractivity contribution in [2.75, 3.05) is 0 Å². The predicted molar refractivity (Wildman–Crippen MR) is 264 cm³/mol. The zero-order valence-corrected chi connectivity index (χ0v) is 41.3. The molecule has 0 bridgehead atoms. The topological polar surface area (TPSA) is 19.9 Å². The van der Waals surface area contributed by atoms with Crippen molar-refractivity contribution in [3.05, 3.63) is 261 Å². The summed E-state index contributed by atoms with van der Waals surface area (Å²) in [5.41, 5.74) is 0. The minimum atomic E-state index is -3.21. The second-order valence-corrected chi connectivity index (χ2v) is 27.3. The Labute approximate surface area is 385 Å². The van der Waals surface area contributed by atoms with Gasteiger partial charge in [-0.15, -0.1) is 0 Å². The van der Waals surface area contributed by atoms with E-state index in [1.807, 2.05) is 0 Å². The van der Waals surface area contributed by atoms with E-state index in [9.17, 15) is 0 Å². The van der Waals surface area contributed by atoms with Gasteiger partial charge in [0, 0.05) is 20.1 Å². The van der Waals surface area contributed by atoms with Gasteiger partial charge in [0.2, 0.25) is 0 Å². The van der Waals surface area contributed by atoms with Gasteiger partial charge in [-0.25, -0.2) is 0 Å². The fraction of sp³-hybridized carbons (Fsp3) is 0. The summed E-state index contributed by atoms with van der Waals surface area (Å²) >= 11 is -3.21. The number of hydrogen-bond donors (Lipinski definition) is 0. The SMILES string of the molecule is [C-]#[O+].[Ir].c1ccc(P(c2ccccc2)c2cccc[c]2[Sn]([c]2ccccc2P(c2ccccc2)c2ccccc2)[c]2ccccc2P(c2ccccc2)c2ccccc2)cc1. The first kappa shape index (κ1) is 44.5. The molecule has 0 heterocycles. The Hall–Kier alpha value is -4.54. The van der Waals surface area contributed by atoms with Crippen LogP contribution in [0.2, 0.25) is 0 Å². The summed E-state index contributed by atoms with van der Waals surface area (Å²) < 4.78 is 12.2. The molecule has 61 heavy (non-hydrogen) atoms. The normalized spacial score (nSPS) is 10.9. The van der Waals surface area contributed by atoms with Gasteiger partial charge in [-0.05, 0) is 0 Å². The summed E-state index contributed by atoms with van der Waals surface area (Å²) in [5, 5.41) is 12.7. The van der Waals surface area contributed by atoms with Gasteiger partial charge in [0.1, 0.15) is 0 Å². The molecular formula is C55H42IrOP3Sn. The van der Waals surface area contributed by atoms with E-state index >= 15 is 0 Å². The number of rotatable bonds is 12. The fourth-order valence-electron chi connectivity index (χ4n) is 7.82. The van der Waals surface area contributed by atoms with E-state index in [0.717, 1.165) is 0 Å². The molecule has 0 unspecified atom stereocenters. The van der Waals surface area contributed by atoms with E-state index in [4.69, 9.17) is 4.65 Å². The average Bonchev–Trinajstić information content (AvgIpc) is 3.34. The van der Waals surface area contributed by atoms with Gasteiger partial charge in [-0.2, -0.15) is 0 Å². The van der Waals surface area contributed by atoms with Gasteiger partial charge < -0.3 is 0 Å². The first-order valence-corrected chi connectivity index (χ1v) is 28.2. The van der Waals surface area contributed by atoms with Crippen molar-refractivity contribution in [3.63, 3.8) is 0 Å². The molecule has 0 spiro atoms. The maximum atomic E-state index is 7.50. The zero-order valence-electron chi connectivity index (χ0n) is 33.3. The minimum absolute atomic E-state index is 0. The van der Waals surface area contributed by atoms with E-state index in [0.29, 0.717) is 0 Å². The Balaban J connectivity index is 0.00000184. The Bertz CT molecular complexity index is 2320. The molecule has 2 radical (unpaired) electrons. The van der Waals surface area contributed by atoms with Gasteiger partial charge in [0.05, 0.1) is 0 Å². The molecule has 0 amide bonds. The molecule has 9 rings (SSSR count). The maximum absolute atomic E-state index is 7.50. The molecule has 6 heteroatoms. The van der Waals surface area contributed by atoms with Crippen LogP contribution in [0.3, 0.4) is 0 Å². The summed E-state index contributed by atoms with van der Waals surface area (Å²) in [7, 11) is -2.54. The van der Waals surface area contributed by atoms with Crippen LogP contribution in [0.25, 0.3) is 0 Å². The molecule has 0 fully saturated rings. The second-order valence-electron chi connectivity index (χ2n) is 13.9. The average molecular weight is 1120 g/mol. The molecule has 0 saturated heterocycles. The molecule has 296 valence electrons. The van der Waals surface area contributed by atoms with Crippen molar-refractivity contribution >= 4 is 102 Å². The van der Waals surface area contributed by atoms with Gasteiger partial charge in [-0.3, -0.25) is 0 Å². The Morgan fingerprint density at radius 1 is 0.246 bits per heavy atom. The van der Waals surface area contributed by atoms with Gasteiger partial charge in [-0.1, -0.05) is 0 Å². The van der Waals surface area contributed by atoms with Crippen LogP contribution >= 0.6 is 23.8 Å². The Morgan fingerprint density at radius 3 is 0.607 bits per heavy atom. The predicted octanol–water partition coefficient (Wildman–Crippen LogP) is 7.44. The van der Waals surface area contributed by atoms with E-state index in [2.05, 4.69) is 261 Å². The van der Waals surface area contributed by atoms with Crippen molar-refractivity contribution in [2.24, 2.45) is 0 Å². The quantitative estimate of drug-likeness (QED) is 0.0526. The molecule has 0 aromatic heterocycles. The monoisotopic (exact) mass is 1120 g/mol.